The van der Waals surface area contributed by atoms with E-state index < -0.39 is 12.1 Å². The van der Waals surface area contributed by atoms with Crippen molar-refractivity contribution in [2.45, 2.75) is 60.9 Å². The molecule has 2 rings (SSSR count). The van der Waals surface area contributed by atoms with Crippen molar-refractivity contribution in [3.05, 3.63) is 41.5 Å². The van der Waals surface area contributed by atoms with Crippen molar-refractivity contribution in [1.82, 2.24) is 0 Å². The van der Waals surface area contributed by atoms with Crippen LogP contribution in [0, 0.1) is 25.7 Å². The number of aliphatic carboxylic acids is 1. The smallest absolute Gasteiger partial charge is 0.303 e. The van der Waals surface area contributed by atoms with E-state index in [0.29, 0.717) is 12.3 Å². The van der Waals surface area contributed by atoms with Crippen LogP contribution in [0.1, 0.15) is 43.2 Å². The number of halogens is 2. The lowest BCUT2D eigenvalue weighted by molar-refractivity contribution is -0.137. The number of thioether (sulfide) groups is 1. The van der Waals surface area contributed by atoms with Crippen molar-refractivity contribution in [2.24, 2.45) is 11.8 Å². The summed E-state index contributed by atoms with van der Waals surface area (Å²) in [6.45, 7) is 4.24. The van der Waals surface area contributed by atoms with Crippen LogP contribution in [0.2, 0.25) is 0 Å². The topological polar surface area (TPSA) is 37.3 Å². The summed E-state index contributed by atoms with van der Waals surface area (Å²) >= 11 is 4.06. The standard InChI is InChI=1S/C21H28FIO2S/c1-14-8-7-9-15(2)21(14)26-13-17-16(12-18(23)20(17)22)10-5-3-4-6-11-19(24)25/h3,5,7-9,16-18,20H,4,6,10-13H2,1-2H3,(H,24,25)/b5-3-/t16-,17+,18?,20?/m0/s1. The minimum Gasteiger partial charge on any atom is -0.481 e. The van der Waals surface area contributed by atoms with Crippen molar-refractivity contribution in [1.29, 1.82) is 0 Å². The van der Waals surface area contributed by atoms with Crippen LogP contribution in [0.25, 0.3) is 0 Å². The Hall–Kier alpha value is -0.560. The average Bonchev–Trinajstić information content (AvgIpc) is 2.84. The molecule has 0 spiro atoms. The summed E-state index contributed by atoms with van der Waals surface area (Å²) in [5.74, 6) is 0.541. The number of benzene rings is 1. The first-order valence-corrected chi connectivity index (χ1v) is 11.5. The minimum atomic E-state index is -0.745. The molecule has 2 nitrogen and oxygen atoms in total. The fraction of sp³-hybridized carbons (Fsp3) is 0.571. The third-order valence-electron chi connectivity index (χ3n) is 5.08. The number of alkyl halides is 2. The summed E-state index contributed by atoms with van der Waals surface area (Å²) < 4.78 is 14.8. The number of unbranched alkanes of at least 4 members (excludes halogenated alkanes) is 1. The van der Waals surface area contributed by atoms with Gasteiger partial charge in [-0.2, -0.15) is 0 Å². The number of hydrogen-bond donors (Lipinski definition) is 1. The van der Waals surface area contributed by atoms with Crippen molar-refractivity contribution in [3.63, 3.8) is 0 Å². The third kappa shape index (κ3) is 6.25. The van der Waals surface area contributed by atoms with E-state index >= 15 is 0 Å². The van der Waals surface area contributed by atoms with Gasteiger partial charge in [0.25, 0.3) is 0 Å². The number of rotatable bonds is 9. The number of carboxylic acid groups (broad SMARTS) is 1. The van der Waals surface area contributed by atoms with Crippen LogP contribution in [0.5, 0.6) is 0 Å². The zero-order valence-corrected chi connectivity index (χ0v) is 18.4. The Morgan fingerprint density at radius 2 is 2.04 bits per heavy atom. The molecule has 1 N–H and O–H groups in total. The molecule has 1 fully saturated rings. The predicted octanol–water partition coefficient (Wildman–Crippen LogP) is 6.37. The molecule has 5 heteroatoms. The average molecular weight is 490 g/mol. The summed E-state index contributed by atoms with van der Waals surface area (Å²) in [5, 5.41) is 8.66. The molecule has 0 saturated heterocycles. The lowest BCUT2D eigenvalue weighted by Crippen LogP contribution is -2.21. The van der Waals surface area contributed by atoms with Crippen molar-refractivity contribution >= 4 is 40.3 Å². The highest BCUT2D eigenvalue weighted by Gasteiger charge is 2.41. The van der Waals surface area contributed by atoms with Gasteiger partial charge >= 0.3 is 5.97 Å². The largest absolute Gasteiger partial charge is 0.481 e. The number of carbonyl (C=O) groups is 1. The van der Waals surface area contributed by atoms with Crippen molar-refractivity contribution < 1.29 is 14.3 Å². The lowest BCUT2D eigenvalue weighted by atomic mass is 9.93. The molecular weight excluding hydrogens is 462 g/mol. The van der Waals surface area contributed by atoms with Gasteiger partial charge in [-0.15, -0.1) is 11.8 Å². The Morgan fingerprint density at radius 1 is 1.35 bits per heavy atom. The molecule has 0 radical (unpaired) electrons. The summed E-state index contributed by atoms with van der Waals surface area (Å²) in [6.07, 6.45) is 6.95. The fourth-order valence-corrected chi connectivity index (χ4v) is 6.18. The second-order valence-corrected chi connectivity index (χ2v) is 9.78. The van der Waals surface area contributed by atoms with E-state index in [1.54, 1.807) is 11.8 Å². The van der Waals surface area contributed by atoms with Crippen molar-refractivity contribution in [3.8, 4) is 0 Å². The minimum absolute atomic E-state index is 0.0876. The number of hydrogen-bond acceptors (Lipinski definition) is 2. The second kappa shape index (κ2) is 10.7. The number of allylic oxidation sites excluding steroid dienone is 2. The zero-order valence-electron chi connectivity index (χ0n) is 15.5. The monoisotopic (exact) mass is 490 g/mol. The molecule has 0 amide bonds. The molecule has 1 aliphatic carbocycles. The number of aryl methyl sites for hydroxylation is 2. The van der Waals surface area contributed by atoms with Gasteiger partial charge in [-0.1, -0.05) is 52.9 Å². The molecule has 2 unspecified atom stereocenters. The van der Waals surface area contributed by atoms with E-state index in [4.69, 9.17) is 5.11 Å². The Kier molecular flexibility index (Phi) is 8.94. The van der Waals surface area contributed by atoms with E-state index in [1.165, 1.54) is 16.0 Å². The van der Waals surface area contributed by atoms with Crippen molar-refractivity contribution in [2.75, 3.05) is 5.75 Å². The Morgan fingerprint density at radius 3 is 2.69 bits per heavy atom. The molecule has 0 bridgehead atoms. The van der Waals surface area contributed by atoms with Crippen LogP contribution in [0.3, 0.4) is 0 Å². The Balaban J connectivity index is 1.90. The van der Waals surface area contributed by atoms with E-state index in [2.05, 4.69) is 66.8 Å². The highest BCUT2D eigenvalue weighted by molar-refractivity contribution is 14.1. The van der Waals surface area contributed by atoms with Gasteiger partial charge in [-0.05, 0) is 56.6 Å². The van der Waals surface area contributed by atoms with Gasteiger partial charge in [-0.25, -0.2) is 4.39 Å². The molecule has 144 valence electrons. The summed E-state index contributed by atoms with van der Waals surface area (Å²) in [6, 6.07) is 6.31. The fourth-order valence-electron chi connectivity index (χ4n) is 3.59. The van der Waals surface area contributed by atoms with Crippen LogP contribution in [-0.4, -0.2) is 26.9 Å². The molecule has 1 saturated carbocycles. The third-order valence-corrected chi connectivity index (χ3v) is 7.76. The van der Waals surface area contributed by atoms with Gasteiger partial charge in [0.15, 0.2) is 0 Å². The van der Waals surface area contributed by atoms with E-state index in [9.17, 15) is 9.18 Å². The second-order valence-electron chi connectivity index (χ2n) is 7.15. The Bertz CT molecular complexity index is 614. The SMILES string of the molecule is Cc1cccc(C)c1SC[C@H]1C(F)C(I)C[C@@H]1C/C=C\CCCC(=O)O. The van der Waals surface area contributed by atoms with E-state index in [1.807, 2.05) is 0 Å². The zero-order chi connectivity index (χ0) is 19.1. The quantitative estimate of drug-likeness (QED) is 0.144. The number of carboxylic acids is 1. The molecular formula is C21H28FIO2S. The molecule has 4 atom stereocenters. The maximum Gasteiger partial charge on any atom is 0.303 e. The van der Waals surface area contributed by atoms with Gasteiger partial charge in [0.05, 0.1) is 0 Å². The summed E-state index contributed by atoms with van der Waals surface area (Å²) in [5.41, 5.74) is 2.54. The van der Waals surface area contributed by atoms with Gasteiger partial charge in [0.1, 0.15) is 6.17 Å². The first-order valence-electron chi connectivity index (χ1n) is 9.24. The Labute approximate surface area is 174 Å². The highest BCUT2D eigenvalue weighted by Crippen LogP contribution is 2.44. The van der Waals surface area contributed by atoms with Crippen LogP contribution in [0.4, 0.5) is 4.39 Å². The van der Waals surface area contributed by atoms with Crippen LogP contribution < -0.4 is 0 Å². The first kappa shape index (κ1) is 21.7. The van der Waals surface area contributed by atoms with Gasteiger partial charge in [-0.3, -0.25) is 4.79 Å². The molecule has 1 aromatic rings. The first-order chi connectivity index (χ1) is 12.4. The maximum absolute atomic E-state index is 14.7. The van der Waals surface area contributed by atoms with Gasteiger partial charge in [0.2, 0.25) is 0 Å². The molecule has 26 heavy (non-hydrogen) atoms. The molecule has 0 heterocycles. The maximum atomic E-state index is 14.7. The van der Waals surface area contributed by atoms with Gasteiger partial charge in [0, 0.05) is 26.9 Å². The predicted molar refractivity (Wildman–Crippen MR) is 116 cm³/mol. The summed E-state index contributed by atoms with van der Waals surface area (Å²) in [4.78, 5) is 11.8. The highest BCUT2D eigenvalue weighted by atomic mass is 127. The molecule has 1 aromatic carbocycles. The molecule has 1 aliphatic rings. The summed E-state index contributed by atoms with van der Waals surface area (Å²) in [7, 11) is 0. The van der Waals surface area contributed by atoms with E-state index in [0.717, 1.165) is 25.0 Å². The van der Waals surface area contributed by atoms with Crippen LogP contribution in [0.15, 0.2) is 35.2 Å². The van der Waals surface area contributed by atoms with Crippen LogP contribution in [-0.2, 0) is 4.79 Å². The normalized spacial score (nSPS) is 25.8. The molecule has 0 aromatic heterocycles. The lowest BCUT2D eigenvalue weighted by Gasteiger charge is -2.21. The van der Waals surface area contributed by atoms with Gasteiger partial charge < -0.3 is 5.11 Å². The van der Waals surface area contributed by atoms with E-state index in [-0.39, 0.29) is 16.3 Å². The molecule has 0 aliphatic heterocycles. The van der Waals surface area contributed by atoms with Crippen LogP contribution >= 0.6 is 34.4 Å².